The van der Waals surface area contributed by atoms with Gasteiger partial charge < -0.3 is 5.32 Å². The molecule has 0 heterocycles. The fraction of sp³-hybridized carbons (Fsp3) is 1.00. The lowest BCUT2D eigenvalue weighted by Crippen LogP contribution is -2.42. The molecule has 0 aromatic carbocycles. The Balaban J connectivity index is 2.57. The molecule has 0 unspecified atom stereocenters. The van der Waals surface area contributed by atoms with E-state index in [2.05, 4.69) is 5.32 Å². The molecule has 0 spiro atoms. The standard InChI is InChI=1S/C11H21F3N2S/c1-10(6-4-3-5-7-10)8-16(11(12,13)14)17-9-15-2/h15H,3-9H2,1-2H3. The van der Waals surface area contributed by atoms with Gasteiger partial charge in [-0.2, -0.15) is 17.5 Å². The molecule has 1 N–H and O–H groups in total. The molecule has 0 aromatic heterocycles. The van der Waals surface area contributed by atoms with E-state index >= 15 is 0 Å². The predicted octanol–water partition coefficient (Wildman–Crippen LogP) is 3.60. The third-order valence-corrected chi connectivity index (χ3v) is 4.30. The maximum absolute atomic E-state index is 12.8. The van der Waals surface area contributed by atoms with Crippen LogP contribution in [0.4, 0.5) is 13.2 Å². The van der Waals surface area contributed by atoms with E-state index in [4.69, 9.17) is 0 Å². The van der Waals surface area contributed by atoms with Crippen LogP contribution in [0.2, 0.25) is 0 Å². The van der Waals surface area contributed by atoms with Crippen molar-refractivity contribution >= 4 is 11.9 Å². The molecular weight excluding hydrogens is 249 g/mol. The first-order valence-electron chi connectivity index (χ1n) is 5.99. The first-order chi connectivity index (χ1) is 7.87. The quantitative estimate of drug-likeness (QED) is 0.467. The Morgan fingerprint density at radius 3 is 2.29 bits per heavy atom. The number of hydrogen-bond donors (Lipinski definition) is 1. The Bertz CT molecular complexity index is 227. The zero-order valence-electron chi connectivity index (χ0n) is 10.4. The zero-order valence-corrected chi connectivity index (χ0v) is 11.3. The number of nitrogens with one attached hydrogen (secondary N) is 1. The third-order valence-electron chi connectivity index (χ3n) is 3.23. The van der Waals surface area contributed by atoms with Gasteiger partial charge in [0, 0.05) is 6.54 Å². The Morgan fingerprint density at radius 1 is 1.24 bits per heavy atom. The molecule has 17 heavy (non-hydrogen) atoms. The van der Waals surface area contributed by atoms with Crippen LogP contribution in [0.25, 0.3) is 0 Å². The van der Waals surface area contributed by atoms with E-state index in [1.54, 1.807) is 7.05 Å². The van der Waals surface area contributed by atoms with Crippen molar-refractivity contribution < 1.29 is 13.2 Å². The van der Waals surface area contributed by atoms with Crippen LogP contribution < -0.4 is 5.32 Å². The third kappa shape index (κ3) is 5.06. The summed E-state index contributed by atoms with van der Waals surface area (Å²) in [6.45, 7) is 2.08. The van der Waals surface area contributed by atoms with Crippen molar-refractivity contribution in [3.63, 3.8) is 0 Å². The summed E-state index contributed by atoms with van der Waals surface area (Å²) in [5.41, 5.74) is -0.186. The van der Waals surface area contributed by atoms with Crippen molar-refractivity contribution in [3.8, 4) is 0 Å². The molecule has 102 valence electrons. The lowest BCUT2D eigenvalue weighted by molar-refractivity contribution is -0.213. The van der Waals surface area contributed by atoms with Gasteiger partial charge in [0.15, 0.2) is 0 Å². The largest absolute Gasteiger partial charge is 0.469 e. The van der Waals surface area contributed by atoms with E-state index in [0.29, 0.717) is 4.31 Å². The summed E-state index contributed by atoms with van der Waals surface area (Å²) in [6.07, 6.45) is 0.824. The van der Waals surface area contributed by atoms with Gasteiger partial charge in [0.25, 0.3) is 0 Å². The average molecular weight is 270 g/mol. The lowest BCUT2D eigenvalue weighted by atomic mass is 9.76. The van der Waals surface area contributed by atoms with Crippen LogP contribution in [0.1, 0.15) is 39.0 Å². The Kier molecular flexibility index (Phi) is 5.60. The molecule has 1 aliphatic carbocycles. The second kappa shape index (κ2) is 6.29. The number of nitrogens with zero attached hydrogens (tertiary/aromatic N) is 1. The molecule has 0 atom stereocenters. The minimum atomic E-state index is -4.25. The van der Waals surface area contributed by atoms with Crippen molar-refractivity contribution in [2.24, 2.45) is 5.41 Å². The highest BCUT2D eigenvalue weighted by atomic mass is 32.2. The van der Waals surface area contributed by atoms with Crippen LogP contribution in [-0.2, 0) is 0 Å². The molecule has 1 saturated carbocycles. The topological polar surface area (TPSA) is 15.3 Å². The SMILES string of the molecule is CNCSN(CC1(C)CCCCC1)C(F)(F)F. The molecule has 0 aromatic rings. The van der Waals surface area contributed by atoms with Gasteiger partial charge >= 0.3 is 6.30 Å². The van der Waals surface area contributed by atoms with Crippen molar-refractivity contribution in [1.29, 1.82) is 0 Å². The average Bonchev–Trinajstić information content (AvgIpc) is 2.23. The van der Waals surface area contributed by atoms with E-state index in [0.717, 1.165) is 44.1 Å². The van der Waals surface area contributed by atoms with Gasteiger partial charge in [-0.25, -0.2) is 0 Å². The van der Waals surface area contributed by atoms with Crippen LogP contribution in [0, 0.1) is 5.41 Å². The van der Waals surface area contributed by atoms with Crippen LogP contribution in [0.5, 0.6) is 0 Å². The zero-order chi connectivity index (χ0) is 12.9. The van der Waals surface area contributed by atoms with Gasteiger partial charge in [-0.15, -0.1) is 0 Å². The minimum Gasteiger partial charge on any atom is -0.310 e. The van der Waals surface area contributed by atoms with Crippen LogP contribution in [-0.4, -0.2) is 30.1 Å². The summed E-state index contributed by atoms with van der Waals surface area (Å²) in [6, 6.07) is 0. The van der Waals surface area contributed by atoms with E-state index < -0.39 is 6.30 Å². The van der Waals surface area contributed by atoms with Gasteiger partial charge in [0.2, 0.25) is 0 Å². The molecule has 0 saturated heterocycles. The number of halogens is 3. The predicted molar refractivity (Wildman–Crippen MR) is 65.5 cm³/mol. The summed E-state index contributed by atoms with van der Waals surface area (Å²) in [5, 5.41) is 2.74. The Hall–Kier alpha value is 0.0600. The molecule has 0 amide bonds. The molecular formula is C11H21F3N2S. The van der Waals surface area contributed by atoms with Crippen LogP contribution in [0.3, 0.4) is 0 Å². The van der Waals surface area contributed by atoms with Gasteiger partial charge in [0.05, 0.1) is 5.88 Å². The van der Waals surface area contributed by atoms with E-state index in [9.17, 15) is 13.2 Å². The summed E-state index contributed by atoms with van der Waals surface area (Å²) in [4.78, 5) is 0. The second-order valence-corrected chi connectivity index (χ2v) is 5.99. The number of hydrogen-bond acceptors (Lipinski definition) is 3. The Labute approximate surface area is 105 Å². The van der Waals surface area contributed by atoms with Gasteiger partial charge in [0.1, 0.15) is 0 Å². The molecule has 1 aliphatic rings. The lowest BCUT2D eigenvalue weighted by Gasteiger charge is -2.38. The summed E-state index contributed by atoms with van der Waals surface area (Å²) >= 11 is 0.818. The normalized spacial score (nSPS) is 20.8. The van der Waals surface area contributed by atoms with E-state index in [1.165, 1.54) is 0 Å². The fourth-order valence-corrected chi connectivity index (χ4v) is 3.10. The summed E-state index contributed by atoms with van der Waals surface area (Å²) < 4.78 is 39.1. The highest BCUT2D eigenvalue weighted by Crippen LogP contribution is 2.40. The van der Waals surface area contributed by atoms with E-state index in [1.807, 2.05) is 6.92 Å². The van der Waals surface area contributed by atoms with Crippen molar-refractivity contribution in [1.82, 2.24) is 9.62 Å². The summed E-state index contributed by atoms with van der Waals surface area (Å²) in [7, 11) is 1.66. The second-order valence-electron chi connectivity index (χ2n) is 5.00. The Morgan fingerprint density at radius 2 is 1.82 bits per heavy atom. The molecule has 0 bridgehead atoms. The van der Waals surface area contributed by atoms with Crippen LogP contribution >= 0.6 is 11.9 Å². The van der Waals surface area contributed by atoms with Crippen molar-refractivity contribution in [2.45, 2.75) is 45.3 Å². The number of rotatable bonds is 5. The first kappa shape index (κ1) is 15.1. The molecule has 2 nitrogen and oxygen atoms in total. The van der Waals surface area contributed by atoms with Crippen molar-refractivity contribution in [3.05, 3.63) is 0 Å². The molecule has 6 heteroatoms. The highest BCUT2D eigenvalue weighted by molar-refractivity contribution is 7.96. The molecule has 1 fully saturated rings. The van der Waals surface area contributed by atoms with Crippen molar-refractivity contribution in [2.75, 3.05) is 19.5 Å². The summed E-state index contributed by atoms with van der Waals surface area (Å²) in [5.74, 6) is 0.287. The maximum Gasteiger partial charge on any atom is 0.469 e. The minimum absolute atomic E-state index is 0.100. The highest BCUT2D eigenvalue weighted by Gasteiger charge is 2.42. The van der Waals surface area contributed by atoms with Gasteiger partial charge in [-0.3, -0.25) is 0 Å². The monoisotopic (exact) mass is 270 g/mol. The number of alkyl halides is 3. The molecule has 0 aliphatic heterocycles. The molecule has 0 radical (unpaired) electrons. The first-order valence-corrected chi connectivity index (χ1v) is 6.93. The van der Waals surface area contributed by atoms with E-state index in [-0.39, 0.29) is 17.8 Å². The smallest absolute Gasteiger partial charge is 0.310 e. The van der Waals surface area contributed by atoms with Crippen LogP contribution in [0.15, 0.2) is 0 Å². The van der Waals surface area contributed by atoms with Gasteiger partial charge in [-0.1, -0.05) is 38.1 Å². The van der Waals surface area contributed by atoms with Gasteiger partial charge in [-0.05, 0) is 25.3 Å². The maximum atomic E-state index is 12.8. The fourth-order valence-electron chi connectivity index (χ4n) is 2.26. The molecule has 1 rings (SSSR count).